The number of nitriles is 1. The van der Waals surface area contributed by atoms with Gasteiger partial charge in [0.1, 0.15) is 0 Å². The second kappa shape index (κ2) is 2.68. The first-order valence-corrected chi connectivity index (χ1v) is 6.25. The lowest BCUT2D eigenvalue weighted by Gasteiger charge is -2.66. The number of hydrogen-bond donors (Lipinski definition) is 1. The second-order valence-electron chi connectivity index (χ2n) is 7.35. The summed E-state index contributed by atoms with van der Waals surface area (Å²) in [5.74, 6) is -0.713. The molecule has 4 saturated carbocycles. The van der Waals surface area contributed by atoms with Gasteiger partial charge in [-0.1, -0.05) is 6.92 Å². The summed E-state index contributed by atoms with van der Waals surface area (Å²) in [6, 6.07) is 2.44. The Kier molecular flexibility index (Phi) is 1.75. The molecule has 0 aromatic carbocycles. The Bertz CT molecular complexity index is 430. The fourth-order valence-corrected chi connectivity index (χ4v) is 5.72. The number of carboxylic acid groups (broad SMARTS) is 1. The first-order valence-electron chi connectivity index (χ1n) is 6.25. The van der Waals surface area contributed by atoms with Crippen LogP contribution in [0.25, 0.3) is 0 Å². The molecule has 0 saturated heterocycles. The molecule has 0 amide bonds. The van der Waals surface area contributed by atoms with E-state index in [-0.39, 0.29) is 10.8 Å². The fraction of sp³-hybridized carbons (Fsp3) is 0.786. The number of nitrogens with zero attached hydrogens (tertiary/aromatic N) is 1. The molecule has 4 aliphatic carbocycles. The van der Waals surface area contributed by atoms with Crippen LogP contribution in [0.4, 0.5) is 0 Å². The second-order valence-corrected chi connectivity index (χ2v) is 7.35. The lowest BCUT2D eigenvalue weighted by Crippen LogP contribution is -2.61. The number of carboxylic acids is 1. The van der Waals surface area contributed by atoms with E-state index in [1.165, 1.54) is 0 Å². The van der Waals surface area contributed by atoms with E-state index in [1.54, 1.807) is 0 Å². The Hall–Kier alpha value is -1.04. The Balaban J connectivity index is 2.14. The summed E-state index contributed by atoms with van der Waals surface area (Å²) in [4.78, 5) is 11.7. The number of aliphatic carboxylic acids is 1. The highest BCUT2D eigenvalue weighted by molar-refractivity contribution is 5.76. The summed E-state index contributed by atoms with van der Waals surface area (Å²) in [5, 5.41) is 19.1. The third-order valence-electron chi connectivity index (χ3n) is 5.13. The van der Waals surface area contributed by atoms with Crippen LogP contribution in [-0.2, 0) is 4.79 Å². The molecular weight excluding hydrogens is 214 g/mol. The molecular formula is C14H18NO2. The van der Waals surface area contributed by atoms with Gasteiger partial charge in [-0.3, -0.25) is 4.79 Å². The molecule has 91 valence electrons. The molecule has 0 aromatic heterocycles. The maximum absolute atomic E-state index is 11.7. The van der Waals surface area contributed by atoms with E-state index in [9.17, 15) is 15.2 Å². The molecule has 4 fully saturated rings. The molecule has 1 radical (unpaired) electrons. The van der Waals surface area contributed by atoms with Gasteiger partial charge in [0, 0.05) is 0 Å². The smallest absolute Gasteiger partial charge is 0.309 e. The summed E-state index contributed by atoms with van der Waals surface area (Å²) in [5.41, 5.74) is -1.28. The van der Waals surface area contributed by atoms with Gasteiger partial charge in [-0.2, -0.15) is 5.26 Å². The Labute approximate surface area is 102 Å². The molecule has 0 aromatic rings. The van der Waals surface area contributed by atoms with Crippen LogP contribution in [0.5, 0.6) is 0 Å². The molecule has 4 atom stereocenters. The number of carbonyl (C=O) groups is 1. The van der Waals surface area contributed by atoms with Crippen LogP contribution in [0.3, 0.4) is 0 Å². The summed E-state index contributed by atoms with van der Waals surface area (Å²) in [7, 11) is 0. The molecule has 4 unspecified atom stereocenters. The van der Waals surface area contributed by atoms with Gasteiger partial charge in [-0.05, 0) is 56.3 Å². The van der Waals surface area contributed by atoms with E-state index in [1.807, 2.05) is 0 Å². The molecule has 0 aliphatic heterocycles. The molecule has 0 heterocycles. The first kappa shape index (κ1) is 11.1. The van der Waals surface area contributed by atoms with Gasteiger partial charge in [0.25, 0.3) is 0 Å². The van der Waals surface area contributed by atoms with Gasteiger partial charge >= 0.3 is 5.97 Å². The topological polar surface area (TPSA) is 61.1 Å². The quantitative estimate of drug-likeness (QED) is 0.756. The molecule has 3 nitrogen and oxygen atoms in total. The SMILES string of the molecule is [CH2]C12CC3(C)CC(C#N)(C1)CC(C(=O)O)(C2)C3. The van der Waals surface area contributed by atoms with Gasteiger partial charge in [0.15, 0.2) is 0 Å². The van der Waals surface area contributed by atoms with E-state index in [0.29, 0.717) is 12.8 Å². The lowest BCUT2D eigenvalue weighted by atomic mass is 9.36. The monoisotopic (exact) mass is 232 g/mol. The Morgan fingerprint density at radius 2 is 1.94 bits per heavy atom. The van der Waals surface area contributed by atoms with Crippen molar-refractivity contribution in [3.05, 3.63) is 6.92 Å². The largest absolute Gasteiger partial charge is 0.481 e. The van der Waals surface area contributed by atoms with Gasteiger partial charge in [-0.25, -0.2) is 0 Å². The molecule has 17 heavy (non-hydrogen) atoms. The highest BCUT2D eigenvalue weighted by Crippen LogP contribution is 2.73. The highest BCUT2D eigenvalue weighted by Gasteiger charge is 2.68. The van der Waals surface area contributed by atoms with Gasteiger partial charge in [0.05, 0.1) is 16.9 Å². The normalized spacial score (nSPS) is 55.6. The maximum Gasteiger partial charge on any atom is 0.309 e. The number of hydrogen-bond acceptors (Lipinski definition) is 2. The fourth-order valence-electron chi connectivity index (χ4n) is 5.72. The zero-order chi connectivity index (χ0) is 12.5. The minimum Gasteiger partial charge on any atom is -0.481 e. The van der Waals surface area contributed by atoms with Crippen molar-refractivity contribution in [2.45, 2.75) is 45.4 Å². The van der Waals surface area contributed by atoms with E-state index in [4.69, 9.17) is 0 Å². The van der Waals surface area contributed by atoms with Crippen LogP contribution in [0.1, 0.15) is 45.4 Å². The highest BCUT2D eigenvalue weighted by atomic mass is 16.4. The van der Waals surface area contributed by atoms with E-state index >= 15 is 0 Å². The standard InChI is InChI=1S/C14H18NO2/c1-11-3-12(2)5-13(4-11,9-15)8-14(6-11,7-12)10(16)17/h1,3-8H2,2H3,(H,16,17). The lowest BCUT2D eigenvalue weighted by molar-refractivity contribution is -0.191. The molecule has 4 rings (SSSR count). The molecule has 3 heteroatoms. The van der Waals surface area contributed by atoms with Gasteiger partial charge < -0.3 is 5.11 Å². The number of rotatable bonds is 1. The van der Waals surface area contributed by atoms with Crippen molar-refractivity contribution in [1.29, 1.82) is 5.26 Å². The molecule has 1 N–H and O–H groups in total. The zero-order valence-electron chi connectivity index (χ0n) is 10.3. The summed E-state index contributed by atoms with van der Waals surface area (Å²) in [6.07, 6.45) is 4.57. The summed E-state index contributed by atoms with van der Waals surface area (Å²) < 4.78 is 0. The van der Waals surface area contributed by atoms with Crippen molar-refractivity contribution in [2.75, 3.05) is 0 Å². The van der Waals surface area contributed by atoms with Crippen molar-refractivity contribution in [2.24, 2.45) is 21.7 Å². The van der Waals surface area contributed by atoms with Crippen molar-refractivity contribution < 1.29 is 9.90 Å². The minimum atomic E-state index is -0.713. The van der Waals surface area contributed by atoms with Crippen LogP contribution in [0.2, 0.25) is 0 Å². The van der Waals surface area contributed by atoms with Gasteiger partial charge in [0.2, 0.25) is 0 Å². The van der Waals surface area contributed by atoms with Crippen molar-refractivity contribution in [3.8, 4) is 6.07 Å². The predicted molar refractivity (Wildman–Crippen MR) is 61.7 cm³/mol. The van der Waals surface area contributed by atoms with Crippen LogP contribution in [-0.4, -0.2) is 11.1 Å². The predicted octanol–water partition coefficient (Wildman–Crippen LogP) is 2.78. The van der Waals surface area contributed by atoms with Crippen LogP contribution >= 0.6 is 0 Å². The Morgan fingerprint density at radius 3 is 2.47 bits per heavy atom. The average molecular weight is 232 g/mol. The average Bonchev–Trinajstić information content (AvgIpc) is 2.11. The van der Waals surface area contributed by atoms with Crippen molar-refractivity contribution in [3.63, 3.8) is 0 Å². The van der Waals surface area contributed by atoms with Crippen LogP contribution in [0, 0.1) is 39.9 Å². The van der Waals surface area contributed by atoms with Crippen LogP contribution in [0.15, 0.2) is 0 Å². The summed E-state index contributed by atoms with van der Waals surface area (Å²) >= 11 is 0. The third kappa shape index (κ3) is 1.30. The summed E-state index contributed by atoms with van der Waals surface area (Å²) in [6.45, 7) is 6.43. The van der Waals surface area contributed by atoms with Crippen molar-refractivity contribution >= 4 is 5.97 Å². The van der Waals surface area contributed by atoms with E-state index in [2.05, 4.69) is 19.9 Å². The molecule has 0 spiro atoms. The van der Waals surface area contributed by atoms with Crippen molar-refractivity contribution in [1.82, 2.24) is 0 Å². The third-order valence-corrected chi connectivity index (χ3v) is 5.13. The van der Waals surface area contributed by atoms with E-state index in [0.717, 1.165) is 25.7 Å². The minimum absolute atomic E-state index is 0.00458. The molecule has 4 aliphatic rings. The maximum atomic E-state index is 11.7. The van der Waals surface area contributed by atoms with Gasteiger partial charge in [-0.15, -0.1) is 0 Å². The molecule has 4 bridgehead atoms. The Morgan fingerprint density at radius 1 is 1.24 bits per heavy atom. The zero-order valence-corrected chi connectivity index (χ0v) is 10.3. The van der Waals surface area contributed by atoms with Crippen LogP contribution < -0.4 is 0 Å². The first-order chi connectivity index (χ1) is 7.75. The van der Waals surface area contributed by atoms with E-state index < -0.39 is 16.8 Å².